The summed E-state index contributed by atoms with van der Waals surface area (Å²) in [7, 11) is 0. The van der Waals surface area contributed by atoms with Crippen LogP contribution in [0.3, 0.4) is 0 Å². The molecule has 3 rings (SSSR count). The number of aromatic nitrogens is 1. The molecule has 1 aromatic carbocycles. The van der Waals surface area contributed by atoms with E-state index in [4.69, 9.17) is 16.3 Å². The predicted octanol–water partition coefficient (Wildman–Crippen LogP) is 2.87. The molecule has 8 heteroatoms. The van der Waals surface area contributed by atoms with Gasteiger partial charge in [-0.25, -0.2) is 4.79 Å². The van der Waals surface area contributed by atoms with Crippen molar-refractivity contribution in [2.75, 3.05) is 32.8 Å². The molecule has 1 fully saturated rings. The molecule has 2 aromatic rings. The van der Waals surface area contributed by atoms with Crippen LogP contribution in [-0.2, 0) is 4.74 Å². The lowest BCUT2D eigenvalue weighted by atomic mass is 10.1. The monoisotopic (exact) mass is 377 g/mol. The largest absolute Gasteiger partial charge is 0.450 e. The maximum atomic E-state index is 13.0. The van der Waals surface area contributed by atoms with Crippen LogP contribution in [0.25, 0.3) is 10.9 Å². The van der Waals surface area contributed by atoms with Crippen molar-refractivity contribution in [3.8, 4) is 0 Å². The molecule has 1 saturated heterocycles. The Bertz CT molecular complexity index is 869. The van der Waals surface area contributed by atoms with E-state index in [0.29, 0.717) is 54.3 Å². The Morgan fingerprint density at radius 2 is 1.77 bits per heavy atom. The Morgan fingerprint density at radius 3 is 2.38 bits per heavy atom. The highest BCUT2D eigenvalue weighted by molar-refractivity contribution is 6.31. The average Bonchev–Trinajstić information content (AvgIpc) is 3.00. The maximum absolute atomic E-state index is 13.0. The quantitative estimate of drug-likeness (QED) is 0.806. The summed E-state index contributed by atoms with van der Waals surface area (Å²) < 4.78 is 6.44. The van der Waals surface area contributed by atoms with Gasteiger partial charge in [-0.2, -0.15) is 0 Å². The third-order valence-electron chi connectivity index (χ3n) is 4.43. The van der Waals surface area contributed by atoms with E-state index in [2.05, 4.69) is 0 Å². The van der Waals surface area contributed by atoms with Gasteiger partial charge in [0.1, 0.15) is 0 Å². The highest BCUT2D eigenvalue weighted by atomic mass is 35.5. The molecule has 0 N–H and O–H groups in total. The summed E-state index contributed by atoms with van der Waals surface area (Å²) in [5, 5.41) is 1.14. The van der Waals surface area contributed by atoms with Crippen molar-refractivity contribution in [3.05, 3.63) is 35.0 Å². The Morgan fingerprint density at radius 1 is 1.12 bits per heavy atom. The van der Waals surface area contributed by atoms with Gasteiger partial charge in [-0.1, -0.05) is 11.6 Å². The summed E-state index contributed by atoms with van der Waals surface area (Å²) in [5.41, 5.74) is 1.08. The molecule has 0 atom stereocenters. The third-order valence-corrected chi connectivity index (χ3v) is 4.66. The van der Waals surface area contributed by atoms with Crippen molar-refractivity contribution in [3.63, 3.8) is 0 Å². The lowest BCUT2D eigenvalue weighted by Gasteiger charge is -2.34. The van der Waals surface area contributed by atoms with Gasteiger partial charge in [0.25, 0.3) is 5.91 Å². The molecule has 26 heavy (non-hydrogen) atoms. The van der Waals surface area contributed by atoms with Gasteiger partial charge in [0, 0.05) is 49.7 Å². The van der Waals surface area contributed by atoms with E-state index in [1.807, 2.05) is 0 Å². The highest BCUT2D eigenvalue weighted by Gasteiger charge is 2.27. The van der Waals surface area contributed by atoms with E-state index in [9.17, 15) is 14.4 Å². The van der Waals surface area contributed by atoms with Crippen LogP contribution in [-0.4, -0.2) is 65.1 Å². The molecule has 0 spiro atoms. The fourth-order valence-corrected chi connectivity index (χ4v) is 3.28. The van der Waals surface area contributed by atoms with Gasteiger partial charge >= 0.3 is 6.09 Å². The highest BCUT2D eigenvalue weighted by Crippen LogP contribution is 2.26. The fraction of sp³-hybridized carbons (Fsp3) is 0.389. The molecule has 1 aliphatic heterocycles. The zero-order chi connectivity index (χ0) is 18.8. The Hall–Kier alpha value is -2.54. The van der Waals surface area contributed by atoms with E-state index in [1.54, 1.807) is 41.1 Å². The molecule has 0 saturated carbocycles. The van der Waals surface area contributed by atoms with Crippen LogP contribution < -0.4 is 0 Å². The van der Waals surface area contributed by atoms with Crippen molar-refractivity contribution in [2.45, 2.75) is 13.8 Å². The number of benzene rings is 1. The minimum atomic E-state index is -0.362. The smallest absolute Gasteiger partial charge is 0.409 e. The summed E-state index contributed by atoms with van der Waals surface area (Å²) in [4.78, 5) is 39.9. The van der Waals surface area contributed by atoms with E-state index in [0.717, 1.165) is 0 Å². The second kappa shape index (κ2) is 7.37. The van der Waals surface area contributed by atoms with Crippen LogP contribution in [0.15, 0.2) is 24.4 Å². The van der Waals surface area contributed by atoms with Gasteiger partial charge in [-0.3, -0.25) is 14.2 Å². The lowest BCUT2D eigenvalue weighted by Crippen LogP contribution is -2.50. The number of carbonyl (C=O) groups excluding carboxylic acids is 3. The van der Waals surface area contributed by atoms with Crippen LogP contribution in [0.1, 0.15) is 29.0 Å². The molecular weight excluding hydrogens is 358 g/mol. The van der Waals surface area contributed by atoms with Crippen LogP contribution in [0.4, 0.5) is 4.79 Å². The molecule has 2 amide bonds. The van der Waals surface area contributed by atoms with Gasteiger partial charge in [0.15, 0.2) is 0 Å². The van der Waals surface area contributed by atoms with Crippen molar-refractivity contribution in [1.29, 1.82) is 0 Å². The minimum absolute atomic E-state index is 0.177. The molecule has 138 valence electrons. The number of hydrogen-bond acceptors (Lipinski definition) is 4. The number of carbonyl (C=O) groups is 3. The van der Waals surface area contributed by atoms with E-state index in [1.165, 1.54) is 11.5 Å². The molecule has 2 heterocycles. The average molecular weight is 378 g/mol. The van der Waals surface area contributed by atoms with Crippen molar-refractivity contribution in [1.82, 2.24) is 14.4 Å². The second-order valence-corrected chi connectivity index (χ2v) is 6.51. The van der Waals surface area contributed by atoms with Gasteiger partial charge in [-0.05, 0) is 25.1 Å². The number of amides is 2. The number of rotatable bonds is 2. The van der Waals surface area contributed by atoms with Gasteiger partial charge in [0.2, 0.25) is 5.91 Å². The normalized spacial score (nSPS) is 14.6. The second-order valence-electron chi connectivity index (χ2n) is 6.07. The molecule has 0 aliphatic carbocycles. The maximum Gasteiger partial charge on any atom is 0.409 e. The van der Waals surface area contributed by atoms with E-state index >= 15 is 0 Å². The van der Waals surface area contributed by atoms with Crippen molar-refractivity contribution >= 4 is 40.4 Å². The first kappa shape index (κ1) is 18.3. The first-order chi connectivity index (χ1) is 12.4. The third kappa shape index (κ3) is 3.39. The number of ether oxygens (including phenoxy) is 1. The Balaban J connectivity index is 1.84. The van der Waals surface area contributed by atoms with E-state index in [-0.39, 0.29) is 17.9 Å². The van der Waals surface area contributed by atoms with Crippen LogP contribution >= 0.6 is 11.6 Å². The first-order valence-corrected chi connectivity index (χ1v) is 8.82. The zero-order valence-corrected chi connectivity index (χ0v) is 15.5. The topological polar surface area (TPSA) is 71.8 Å². The number of fused-ring (bicyclic) bond motifs is 1. The fourth-order valence-electron chi connectivity index (χ4n) is 3.11. The van der Waals surface area contributed by atoms with Crippen molar-refractivity contribution < 1.29 is 19.1 Å². The lowest BCUT2D eigenvalue weighted by molar-refractivity contribution is 0.0572. The summed E-state index contributed by atoms with van der Waals surface area (Å²) in [6, 6.07) is 5.11. The number of nitrogens with zero attached hydrogens (tertiary/aromatic N) is 3. The van der Waals surface area contributed by atoms with Crippen LogP contribution in [0.5, 0.6) is 0 Å². The number of piperazine rings is 1. The van der Waals surface area contributed by atoms with Gasteiger partial charge < -0.3 is 14.5 Å². The standard InChI is InChI=1S/C18H20ClN3O4/c1-3-26-18(25)21-8-6-20(7-9-21)17(24)15-11-22(12(2)23)16-5-4-13(19)10-14(15)16/h4-5,10-11H,3,6-9H2,1-2H3. The molecule has 1 aliphatic rings. The number of halogens is 1. The predicted molar refractivity (Wildman–Crippen MR) is 97.7 cm³/mol. The summed E-state index contributed by atoms with van der Waals surface area (Å²) in [5.74, 6) is -0.357. The molecule has 0 unspecified atom stereocenters. The van der Waals surface area contributed by atoms with Gasteiger partial charge in [-0.15, -0.1) is 0 Å². The molecular formula is C18H20ClN3O4. The van der Waals surface area contributed by atoms with Crippen LogP contribution in [0, 0.1) is 0 Å². The molecule has 0 radical (unpaired) electrons. The zero-order valence-electron chi connectivity index (χ0n) is 14.7. The van der Waals surface area contributed by atoms with E-state index < -0.39 is 0 Å². The molecule has 1 aromatic heterocycles. The van der Waals surface area contributed by atoms with Crippen LogP contribution in [0.2, 0.25) is 5.02 Å². The Kier molecular flexibility index (Phi) is 5.18. The minimum Gasteiger partial charge on any atom is -0.450 e. The Labute approximate surface area is 156 Å². The summed E-state index contributed by atoms with van der Waals surface area (Å²) in [6.07, 6.45) is 1.20. The SMILES string of the molecule is CCOC(=O)N1CCN(C(=O)c2cn(C(C)=O)c3ccc(Cl)cc23)CC1. The van der Waals surface area contributed by atoms with Crippen molar-refractivity contribution in [2.24, 2.45) is 0 Å². The van der Waals surface area contributed by atoms with Gasteiger partial charge in [0.05, 0.1) is 17.7 Å². The summed E-state index contributed by atoms with van der Waals surface area (Å²) in [6.45, 7) is 5.17. The molecule has 0 bridgehead atoms. The number of hydrogen-bond donors (Lipinski definition) is 0. The first-order valence-electron chi connectivity index (χ1n) is 8.45. The molecule has 7 nitrogen and oxygen atoms in total. The summed E-state index contributed by atoms with van der Waals surface area (Å²) >= 11 is 6.08.